The molecule has 0 atom stereocenters. The summed E-state index contributed by atoms with van der Waals surface area (Å²) in [7, 11) is 0. The van der Waals surface area contributed by atoms with E-state index in [0.717, 1.165) is 21.1 Å². The van der Waals surface area contributed by atoms with Crippen LogP contribution in [0.2, 0.25) is 0 Å². The van der Waals surface area contributed by atoms with Gasteiger partial charge in [-0.2, -0.15) is 0 Å². The van der Waals surface area contributed by atoms with Gasteiger partial charge in [-0.3, -0.25) is 0 Å². The third-order valence-corrected chi connectivity index (χ3v) is 2.46. The Bertz CT molecular complexity index is 245. The van der Waals surface area contributed by atoms with Crippen molar-refractivity contribution >= 4 is 22.6 Å². The van der Waals surface area contributed by atoms with Crippen LogP contribution in [-0.4, -0.2) is 0 Å². The third-order valence-electron chi connectivity index (χ3n) is 1.70. The Morgan fingerprint density at radius 1 is 1.36 bits per heavy atom. The number of halogens is 2. The van der Waals surface area contributed by atoms with Crippen molar-refractivity contribution in [3.05, 3.63) is 34.6 Å². The van der Waals surface area contributed by atoms with Crippen molar-refractivity contribution in [1.82, 2.24) is 0 Å². The summed E-state index contributed by atoms with van der Waals surface area (Å²) in [6.07, 6.45) is 0. The molecule has 0 spiro atoms. The molecule has 0 N–H and O–H groups in total. The van der Waals surface area contributed by atoms with E-state index in [1.54, 1.807) is 6.07 Å². The van der Waals surface area contributed by atoms with E-state index < -0.39 is 0 Å². The van der Waals surface area contributed by atoms with Gasteiger partial charge in [0.05, 0.1) is 0 Å². The number of aryl methyl sites for hydroxylation is 2. The number of benzene rings is 1. The van der Waals surface area contributed by atoms with Gasteiger partial charge in [0.2, 0.25) is 0 Å². The molecule has 0 unspecified atom stereocenters. The first kappa shape index (κ1) is 8.97. The molecule has 0 saturated carbocycles. The quantitative estimate of drug-likeness (QED) is 0.539. The second kappa shape index (κ2) is 3.52. The first-order chi connectivity index (χ1) is 5.15. The van der Waals surface area contributed by atoms with Crippen LogP contribution < -0.4 is 0 Å². The highest BCUT2D eigenvalue weighted by Gasteiger charge is 2.03. The molecule has 0 aliphatic heterocycles. The topological polar surface area (TPSA) is 0 Å². The van der Waals surface area contributed by atoms with E-state index >= 15 is 0 Å². The monoisotopic (exact) mass is 264 g/mol. The highest BCUT2D eigenvalue weighted by Crippen LogP contribution is 2.18. The number of hydrogen-bond acceptors (Lipinski definition) is 0. The van der Waals surface area contributed by atoms with Crippen LogP contribution in [0, 0.1) is 19.7 Å². The highest BCUT2D eigenvalue weighted by atomic mass is 127. The van der Waals surface area contributed by atoms with Crippen LogP contribution in [0.25, 0.3) is 0 Å². The summed E-state index contributed by atoms with van der Waals surface area (Å²) in [6.45, 7) is 3.86. The Hall–Kier alpha value is -0.120. The predicted molar refractivity (Wildman–Crippen MR) is 53.6 cm³/mol. The molecule has 2 heteroatoms. The standard InChI is InChI=1S/C9H10FI/c1-6-3-7(2)8(5-11)9(10)4-6/h3-4H,5H2,1-2H3. The van der Waals surface area contributed by atoms with Gasteiger partial charge in [-0.15, -0.1) is 0 Å². The summed E-state index contributed by atoms with van der Waals surface area (Å²) in [4.78, 5) is 0. The molecule has 0 amide bonds. The maximum absolute atomic E-state index is 13.1. The smallest absolute Gasteiger partial charge is 0.127 e. The first-order valence-corrected chi connectivity index (χ1v) is 4.99. The van der Waals surface area contributed by atoms with Gasteiger partial charge in [-0.1, -0.05) is 28.7 Å². The minimum Gasteiger partial charge on any atom is -0.207 e. The minimum absolute atomic E-state index is 0.0723. The summed E-state index contributed by atoms with van der Waals surface area (Å²) < 4.78 is 13.9. The van der Waals surface area contributed by atoms with Crippen molar-refractivity contribution in [3.8, 4) is 0 Å². The summed E-state index contributed by atoms with van der Waals surface area (Å²) >= 11 is 2.18. The Kier molecular flexibility index (Phi) is 2.87. The molecule has 0 heterocycles. The number of hydrogen-bond donors (Lipinski definition) is 0. The van der Waals surface area contributed by atoms with Crippen LogP contribution in [0.15, 0.2) is 12.1 Å². The summed E-state index contributed by atoms with van der Waals surface area (Å²) in [6, 6.07) is 3.60. The molecule has 0 radical (unpaired) electrons. The van der Waals surface area contributed by atoms with Crippen molar-refractivity contribution in [1.29, 1.82) is 0 Å². The predicted octanol–water partition coefficient (Wildman–Crippen LogP) is 3.38. The Morgan fingerprint density at radius 3 is 2.45 bits per heavy atom. The average Bonchev–Trinajstić information content (AvgIpc) is 1.85. The molecule has 0 aromatic heterocycles. The number of alkyl halides is 1. The second-order valence-electron chi connectivity index (χ2n) is 2.68. The summed E-state index contributed by atoms with van der Waals surface area (Å²) in [5, 5.41) is 0. The van der Waals surface area contributed by atoms with E-state index in [1.165, 1.54) is 0 Å². The fraction of sp³-hybridized carbons (Fsp3) is 0.333. The molecular formula is C9H10FI. The first-order valence-electron chi connectivity index (χ1n) is 3.46. The van der Waals surface area contributed by atoms with Gasteiger partial charge in [0.1, 0.15) is 5.82 Å². The maximum Gasteiger partial charge on any atom is 0.127 e. The van der Waals surface area contributed by atoms with Gasteiger partial charge < -0.3 is 0 Å². The lowest BCUT2D eigenvalue weighted by Crippen LogP contribution is -1.91. The molecule has 1 rings (SSSR count). The Balaban J connectivity index is 3.25. The zero-order valence-electron chi connectivity index (χ0n) is 6.62. The fourth-order valence-electron chi connectivity index (χ4n) is 1.11. The zero-order chi connectivity index (χ0) is 8.43. The van der Waals surface area contributed by atoms with Crippen molar-refractivity contribution in [2.45, 2.75) is 18.3 Å². The average molecular weight is 264 g/mol. The zero-order valence-corrected chi connectivity index (χ0v) is 8.78. The lowest BCUT2D eigenvalue weighted by Gasteiger charge is -2.04. The van der Waals surface area contributed by atoms with E-state index in [-0.39, 0.29) is 5.82 Å². The van der Waals surface area contributed by atoms with Crippen molar-refractivity contribution < 1.29 is 4.39 Å². The molecule has 0 saturated heterocycles. The maximum atomic E-state index is 13.1. The van der Waals surface area contributed by atoms with Gasteiger partial charge in [-0.25, -0.2) is 4.39 Å². The molecule has 11 heavy (non-hydrogen) atoms. The molecule has 0 aliphatic carbocycles. The van der Waals surface area contributed by atoms with E-state index in [2.05, 4.69) is 22.6 Å². The molecule has 0 nitrogen and oxygen atoms in total. The van der Waals surface area contributed by atoms with Crippen molar-refractivity contribution in [2.75, 3.05) is 0 Å². The normalized spacial score (nSPS) is 10.2. The molecule has 0 aliphatic rings. The minimum atomic E-state index is -0.0723. The van der Waals surface area contributed by atoms with Gasteiger partial charge in [0, 0.05) is 9.99 Å². The van der Waals surface area contributed by atoms with E-state index in [4.69, 9.17) is 0 Å². The lowest BCUT2D eigenvalue weighted by molar-refractivity contribution is 0.615. The van der Waals surface area contributed by atoms with Crippen LogP contribution in [0.1, 0.15) is 16.7 Å². The van der Waals surface area contributed by atoms with Crippen LogP contribution in [0.5, 0.6) is 0 Å². The van der Waals surface area contributed by atoms with Crippen molar-refractivity contribution in [3.63, 3.8) is 0 Å². The highest BCUT2D eigenvalue weighted by molar-refractivity contribution is 14.1. The van der Waals surface area contributed by atoms with Gasteiger partial charge >= 0.3 is 0 Å². The van der Waals surface area contributed by atoms with Crippen LogP contribution in [-0.2, 0) is 4.43 Å². The SMILES string of the molecule is Cc1cc(C)c(CI)c(F)c1. The lowest BCUT2D eigenvalue weighted by atomic mass is 10.1. The molecular weight excluding hydrogens is 254 g/mol. The van der Waals surface area contributed by atoms with Crippen LogP contribution >= 0.6 is 22.6 Å². The molecule has 60 valence electrons. The second-order valence-corrected chi connectivity index (χ2v) is 3.44. The van der Waals surface area contributed by atoms with E-state index in [0.29, 0.717) is 0 Å². The van der Waals surface area contributed by atoms with E-state index in [9.17, 15) is 4.39 Å². The molecule has 1 aromatic rings. The van der Waals surface area contributed by atoms with Gasteiger partial charge in [-0.05, 0) is 31.0 Å². The molecule has 0 fully saturated rings. The largest absolute Gasteiger partial charge is 0.207 e. The van der Waals surface area contributed by atoms with Gasteiger partial charge in [0.25, 0.3) is 0 Å². The van der Waals surface area contributed by atoms with Gasteiger partial charge in [0.15, 0.2) is 0 Å². The fourth-order valence-corrected chi connectivity index (χ4v) is 2.08. The van der Waals surface area contributed by atoms with Crippen molar-refractivity contribution in [2.24, 2.45) is 0 Å². The summed E-state index contributed by atoms with van der Waals surface area (Å²) in [5.74, 6) is -0.0723. The van der Waals surface area contributed by atoms with Crippen LogP contribution in [0.3, 0.4) is 0 Å². The van der Waals surface area contributed by atoms with E-state index in [1.807, 2.05) is 19.9 Å². The summed E-state index contributed by atoms with van der Waals surface area (Å²) in [5.41, 5.74) is 2.88. The third kappa shape index (κ3) is 1.92. The van der Waals surface area contributed by atoms with Crippen LogP contribution in [0.4, 0.5) is 4.39 Å². The molecule has 0 bridgehead atoms. The number of rotatable bonds is 1. The Morgan fingerprint density at radius 2 is 2.00 bits per heavy atom. The molecule has 1 aromatic carbocycles. The Labute approximate surface area is 80.0 Å².